The Balaban J connectivity index is 1.54. The third kappa shape index (κ3) is 5.22. The molecule has 6 atom stereocenters. The third-order valence-electron chi connectivity index (χ3n) is 9.37. The summed E-state index contributed by atoms with van der Waals surface area (Å²) in [6.07, 6.45) is 4.29. The van der Waals surface area contributed by atoms with Gasteiger partial charge in [-0.2, -0.15) is 0 Å². The van der Waals surface area contributed by atoms with Crippen LogP contribution >= 0.6 is 0 Å². The van der Waals surface area contributed by atoms with E-state index in [0.29, 0.717) is 37.4 Å². The van der Waals surface area contributed by atoms with Gasteiger partial charge in [-0.1, -0.05) is 42.5 Å². The average Bonchev–Trinajstić information content (AvgIpc) is 3.60. The van der Waals surface area contributed by atoms with Crippen molar-refractivity contribution in [3.63, 3.8) is 0 Å². The Hall–Kier alpha value is -3.95. The molecule has 0 aliphatic carbocycles. The molecule has 1 spiro atoms. The highest BCUT2D eigenvalue weighted by Gasteiger charge is 2.78. The van der Waals surface area contributed by atoms with Gasteiger partial charge in [-0.05, 0) is 63.4 Å². The van der Waals surface area contributed by atoms with Crippen LogP contribution in [-0.2, 0) is 25.7 Å². The molecule has 0 aromatic heterocycles. The number of aliphatic hydroxyl groups excluding tert-OH is 1. The summed E-state index contributed by atoms with van der Waals surface area (Å²) in [5.74, 6) is -1.89. The fraction of sp³-hybridized carbons (Fsp3) is 0.457. The van der Waals surface area contributed by atoms with E-state index in [1.807, 2.05) is 68.4 Å². The first-order valence-corrected chi connectivity index (χ1v) is 15.4. The van der Waals surface area contributed by atoms with E-state index in [2.05, 4.69) is 13.2 Å². The van der Waals surface area contributed by atoms with Crippen LogP contribution in [0.2, 0.25) is 0 Å². The summed E-state index contributed by atoms with van der Waals surface area (Å²) >= 11 is 0. The van der Waals surface area contributed by atoms with Crippen LogP contribution in [0.25, 0.3) is 0 Å². The fourth-order valence-electron chi connectivity index (χ4n) is 7.45. The molecule has 2 aromatic carbocycles. The molecule has 5 rings (SSSR count). The lowest BCUT2D eigenvalue weighted by Gasteiger charge is -2.38. The summed E-state index contributed by atoms with van der Waals surface area (Å²) in [6, 6.07) is 15.2. The predicted molar refractivity (Wildman–Crippen MR) is 168 cm³/mol. The number of carbonyl (C=O) groups is 3. The van der Waals surface area contributed by atoms with Crippen LogP contribution in [0.5, 0.6) is 5.75 Å². The molecule has 44 heavy (non-hydrogen) atoms. The first-order valence-electron chi connectivity index (χ1n) is 15.4. The van der Waals surface area contributed by atoms with Crippen LogP contribution in [0.4, 0.5) is 5.69 Å². The van der Waals surface area contributed by atoms with Crippen molar-refractivity contribution in [1.82, 2.24) is 9.80 Å². The highest BCUT2D eigenvalue weighted by atomic mass is 16.5. The number of hydrogen-bond acceptors (Lipinski definition) is 6. The van der Waals surface area contributed by atoms with E-state index in [-0.39, 0.29) is 37.4 Å². The highest BCUT2D eigenvalue weighted by Crippen LogP contribution is 2.64. The molecular weight excluding hydrogens is 558 g/mol. The van der Waals surface area contributed by atoms with Gasteiger partial charge in [0.25, 0.3) is 0 Å². The second-order valence-corrected chi connectivity index (χ2v) is 12.2. The first-order chi connectivity index (χ1) is 21.2. The molecule has 9 heteroatoms. The quantitative estimate of drug-likeness (QED) is 0.349. The van der Waals surface area contributed by atoms with E-state index < -0.39 is 35.1 Å². The molecule has 0 radical (unpaired) electrons. The van der Waals surface area contributed by atoms with Crippen LogP contribution < -0.4 is 9.64 Å². The Bertz CT molecular complexity index is 1400. The van der Waals surface area contributed by atoms with E-state index in [0.717, 1.165) is 5.56 Å². The van der Waals surface area contributed by atoms with Crippen molar-refractivity contribution < 1.29 is 29.0 Å². The lowest BCUT2D eigenvalue weighted by Crippen LogP contribution is -2.58. The Morgan fingerprint density at radius 3 is 2.39 bits per heavy atom. The molecule has 2 bridgehead atoms. The standard InChI is InChI=1S/C35H43N3O6/c1-6-20-36(22-25-12-10-9-11-13-25)33(42)30-35-19-18-34(5,44-35)28(29(35)32(41)38(30)24(4)23-39)31(40)37(21-7-2)26-14-16-27(17-15-26)43-8-3/h6-7,9-17,24,28-30,39H,1-2,8,18-23H2,3-5H3/t24-,28+,29+,30?,34-,35?/m1/s1. The summed E-state index contributed by atoms with van der Waals surface area (Å²) in [4.78, 5) is 48.4. The fourth-order valence-corrected chi connectivity index (χ4v) is 7.45. The number of aliphatic hydroxyl groups is 1. The Morgan fingerprint density at radius 1 is 1.09 bits per heavy atom. The number of likely N-dealkylation sites (tertiary alicyclic amines) is 1. The van der Waals surface area contributed by atoms with Crippen LogP contribution in [0.3, 0.4) is 0 Å². The number of rotatable bonds is 13. The van der Waals surface area contributed by atoms with Gasteiger partial charge in [-0.25, -0.2) is 0 Å². The zero-order valence-electron chi connectivity index (χ0n) is 25.9. The summed E-state index contributed by atoms with van der Waals surface area (Å²) < 4.78 is 12.4. The SMILES string of the molecule is C=CCN(Cc1ccccc1)C(=O)C1N([C@H](C)CO)C(=O)[C@@H]2[C@@H](C(=O)N(CC=C)c3ccc(OCC)cc3)[C@@]3(C)CCC12O3. The molecule has 0 saturated carbocycles. The van der Waals surface area contributed by atoms with E-state index in [1.54, 1.807) is 28.9 Å². The Kier molecular flexibility index (Phi) is 9.00. The number of ether oxygens (including phenoxy) is 2. The van der Waals surface area contributed by atoms with Crippen molar-refractivity contribution in [2.75, 3.05) is 31.2 Å². The van der Waals surface area contributed by atoms with Gasteiger partial charge in [0.05, 0.1) is 36.7 Å². The topological polar surface area (TPSA) is 99.6 Å². The van der Waals surface area contributed by atoms with Gasteiger partial charge in [0.15, 0.2) is 0 Å². The van der Waals surface area contributed by atoms with E-state index in [4.69, 9.17) is 9.47 Å². The van der Waals surface area contributed by atoms with Crippen molar-refractivity contribution in [3.8, 4) is 5.75 Å². The van der Waals surface area contributed by atoms with Crippen LogP contribution in [0, 0.1) is 11.8 Å². The number of amides is 3. The van der Waals surface area contributed by atoms with Gasteiger partial charge in [-0.3, -0.25) is 14.4 Å². The average molecular weight is 602 g/mol. The monoisotopic (exact) mass is 601 g/mol. The molecule has 3 aliphatic rings. The molecule has 3 heterocycles. The van der Waals surface area contributed by atoms with Crippen molar-refractivity contribution in [1.29, 1.82) is 0 Å². The Morgan fingerprint density at radius 2 is 1.77 bits per heavy atom. The number of hydrogen-bond donors (Lipinski definition) is 1. The summed E-state index contributed by atoms with van der Waals surface area (Å²) in [6.45, 7) is 14.3. The van der Waals surface area contributed by atoms with Gasteiger partial charge >= 0.3 is 0 Å². The van der Waals surface area contributed by atoms with E-state index in [9.17, 15) is 19.5 Å². The number of nitrogens with zero attached hydrogens (tertiary/aromatic N) is 3. The van der Waals surface area contributed by atoms with Crippen molar-refractivity contribution >= 4 is 23.4 Å². The van der Waals surface area contributed by atoms with Crippen molar-refractivity contribution in [2.24, 2.45) is 11.8 Å². The summed E-state index contributed by atoms with van der Waals surface area (Å²) in [7, 11) is 0. The number of anilines is 1. The number of fused-ring (bicyclic) bond motifs is 1. The molecule has 2 unspecified atom stereocenters. The molecule has 3 fully saturated rings. The molecule has 2 aromatic rings. The normalized spacial score (nSPS) is 27.5. The van der Waals surface area contributed by atoms with E-state index in [1.165, 1.54) is 4.90 Å². The number of benzene rings is 2. The maximum atomic E-state index is 14.6. The van der Waals surface area contributed by atoms with E-state index >= 15 is 0 Å². The molecule has 234 valence electrons. The maximum absolute atomic E-state index is 14.6. The second-order valence-electron chi connectivity index (χ2n) is 12.2. The minimum Gasteiger partial charge on any atom is -0.494 e. The zero-order valence-corrected chi connectivity index (χ0v) is 25.9. The molecule has 3 aliphatic heterocycles. The largest absolute Gasteiger partial charge is 0.494 e. The number of carbonyl (C=O) groups excluding carboxylic acids is 3. The lowest BCUT2D eigenvalue weighted by molar-refractivity contribution is -0.154. The molecule has 1 N–H and O–H groups in total. The van der Waals surface area contributed by atoms with Gasteiger partial charge in [0.1, 0.15) is 17.4 Å². The minimum absolute atomic E-state index is 0.233. The third-order valence-corrected chi connectivity index (χ3v) is 9.37. The van der Waals surface area contributed by atoms with Crippen LogP contribution in [0.15, 0.2) is 79.9 Å². The summed E-state index contributed by atoms with van der Waals surface area (Å²) in [5.41, 5.74) is -0.563. The predicted octanol–water partition coefficient (Wildman–Crippen LogP) is 3.96. The second kappa shape index (κ2) is 12.6. The zero-order chi connectivity index (χ0) is 31.6. The molecule has 9 nitrogen and oxygen atoms in total. The molecular formula is C35H43N3O6. The first kappa shape index (κ1) is 31.5. The Labute approximate surface area is 259 Å². The highest BCUT2D eigenvalue weighted by molar-refractivity contribution is 6.03. The summed E-state index contributed by atoms with van der Waals surface area (Å²) in [5, 5.41) is 10.2. The van der Waals surface area contributed by atoms with Crippen LogP contribution in [0.1, 0.15) is 39.2 Å². The smallest absolute Gasteiger partial charge is 0.249 e. The maximum Gasteiger partial charge on any atom is 0.249 e. The van der Waals surface area contributed by atoms with Gasteiger partial charge in [0, 0.05) is 25.3 Å². The molecule has 3 amide bonds. The van der Waals surface area contributed by atoms with Gasteiger partial charge < -0.3 is 29.3 Å². The van der Waals surface area contributed by atoms with Crippen molar-refractivity contribution in [3.05, 3.63) is 85.5 Å². The van der Waals surface area contributed by atoms with Crippen molar-refractivity contribution in [2.45, 2.75) is 63.4 Å². The van der Waals surface area contributed by atoms with Gasteiger partial charge in [0.2, 0.25) is 17.7 Å². The lowest BCUT2D eigenvalue weighted by atomic mass is 9.66. The molecule has 3 saturated heterocycles. The minimum atomic E-state index is -1.21. The van der Waals surface area contributed by atoms with Gasteiger partial charge in [-0.15, -0.1) is 13.2 Å². The van der Waals surface area contributed by atoms with Crippen LogP contribution in [-0.4, -0.2) is 82.2 Å².